The van der Waals surface area contributed by atoms with Gasteiger partial charge in [-0.3, -0.25) is 0 Å². The first-order valence-electron chi connectivity index (χ1n) is 4.19. The Balaban J connectivity index is 4.36. The summed E-state index contributed by atoms with van der Waals surface area (Å²) in [5.74, 6) is 0.206. The zero-order valence-corrected chi connectivity index (χ0v) is 8.32. The molecule has 4 nitrogen and oxygen atoms in total. The second-order valence-corrected chi connectivity index (χ2v) is 3.70. The quantitative estimate of drug-likeness (QED) is 0.547. The lowest BCUT2D eigenvalue weighted by molar-refractivity contribution is -0.00804. The topological polar surface area (TPSA) is 69.9 Å². The van der Waals surface area contributed by atoms with Crippen LogP contribution in [0.4, 0.5) is 0 Å². The minimum Gasteiger partial charge on any atom is -0.490 e. The number of rotatable bonds is 4. The summed E-state index contributed by atoms with van der Waals surface area (Å²) in [4.78, 5) is 0. The van der Waals surface area contributed by atoms with Crippen molar-refractivity contribution in [2.75, 3.05) is 13.2 Å². The third kappa shape index (κ3) is 5.63. The monoisotopic (exact) mass is 190 g/mol. The van der Waals surface area contributed by atoms with Crippen LogP contribution in [0.2, 0.25) is 0 Å². The zero-order valence-electron chi connectivity index (χ0n) is 8.32. The summed E-state index contributed by atoms with van der Waals surface area (Å²) >= 11 is 0. The van der Waals surface area contributed by atoms with Gasteiger partial charge < -0.3 is 20.1 Å². The maximum atomic E-state index is 9.26. The third-order valence-electron chi connectivity index (χ3n) is 1.22. The van der Waals surface area contributed by atoms with Gasteiger partial charge >= 0.3 is 0 Å². The van der Waals surface area contributed by atoms with Gasteiger partial charge in [0, 0.05) is 0 Å². The predicted molar refractivity (Wildman–Crippen MR) is 49.1 cm³/mol. The van der Waals surface area contributed by atoms with E-state index in [4.69, 9.17) is 14.9 Å². The second-order valence-electron chi connectivity index (χ2n) is 3.70. The van der Waals surface area contributed by atoms with Crippen LogP contribution in [-0.2, 0) is 4.74 Å². The standard InChI is InChI=1S/C9H18O4/c1-9(2,3)13-8(4-5-10)7(12)6-11/h4,7,10-12H,5-6H2,1-3H3/t7-/m0/s1. The molecule has 0 bridgehead atoms. The molecule has 0 saturated carbocycles. The normalized spacial score (nSPS) is 15.7. The summed E-state index contributed by atoms with van der Waals surface area (Å²) in [6.45, 7) is 4.83. The molecular weight excluding hydrogens is 172 g/mol. The Bertz CT molecular complexity index is 169. The smallest absolute Gasteiger partial charge is 0.134 e. The SMILES string of the molecule is CC(C)(C)OC(=CCO)[C@@H](O)CO. The largest absolute Gasteiger partial charge is 0.490 e. The summed E-state index contributed by atoms with van der Waals surface area (Å²) in [6, 6.07) is 0. The van der Waals surface area contributed by atoms with Crippen molar-refractivity contribution in [3.05, 3.63) is 11.8 Å². The van der Waals surface area contributed by atoms with Gasteiger partial charge in [-0.25, -0.2) is 0 Å². The van der Waals surface area contributed by atoms with Gasteiger partial charge in [-0.2, -0.15) is 0 Å². The van der Waals surface area contributed by atoms with Gasteiger partial charge in [-0.15, -0.1) is 0 Å². The lowest BCUT2D eigenvalue weighted by atomic mass is 10.2. The Kier molecular flexibility index (Phi) is 4.98. The molecule has 13 heavy (non-hydrogen) atoms. The average Bonchev–Trinajstić information content (AvgIpc) is 2.00. The molecule has 0 aromatic carbocycles. The molecule has 0 aliphatic carbocycles. The molecule has 0 aromatic heterocycles. The molecule has 1 atom stereocenters. The number of aliphatic hydroxyl groups is 3. The average molecular weight is 190 g/mol. The van der Waals surface area contributed by atoms with Crippen molar-refractivity contribution in [3.63, 3.8) is 0 Å². The van der Waals surface area contributed by atoms with E-state index in [9.17, 15) is 5.11 Å². The van der Waals surface area contributed by atoms with Crippen molar-refractivity contribution in [1.82, 2.24) is 0 Å². The van der Waals surface area contributed by atoms with Crippen LogP contribution in [0.3, 0.4) is 0 Å². The Morgan fingerprint density at radius 2 is 1.92 bits per heavy atom. The minimum atomic E-state index is -1.06. The Morgan fingerprint density at radius 3 is 2.23 bits per heavy atom. The van der Waals surface area contributed by atoms with E-state index >= 15 is 0 Å². The number of hydrogen-bond donors (Lipinski definition) is 3. The Morgan fingerprint density at radius 1 is 1.38 bits per heavy atom. The maximum absolute atomic E-state index is 9.26. The predicted octanol–water partition coefficient (Wildman–Crippen LogP) is 0.0309. The van der Waals surface area contributed by atoms with Gasteiger partial charge in [0.2, 0.25) is 0 Å². The highest BCUT2D eigenvalue weighted by molar-refractivity contribution is 5.01. The van der Waals surface area contributed by atoms with E-state index in [-0.39, 0.29) is 12.4 Å². The van der Waals surface area contributed by atoms with Gasteiger partial charge in [0.15, 0.2) is 0 Å². The van der Waals surface area contributed by atoms with Gasteiger partial charge in [0.25, 0.3) is 0 Å². The van der Waals surface area contributed by atoms with Crippen molar-refractivity contribution >= 4 is 0 Å². The molecule has 78 valence electrons. The molecule has 3 N–H and O–H groups in total. The summed E-state index contributed by atoms with van der Waals surface area (Å²) in [5.41, 5.74) is -0.447. The van der Waals surface area contributed by atoms with Crippen LogP contribution in [0, 0.1) is 0 Å². The molecule has 0 radical (unpaired) electrons. The molecule has 0 spiro atoms. The van der Waals surface area contributed by atoms with Crippen molar-refractivity contribution in [2.45, 2.75) is 32.5 Å². The van der Waals surface area contributed by atoms with Crippen LogP contribution in [0.25, 0.3) is 0 Å². The summed E-state index contributed by atoms with van der Waals surface area (Å²) < 4.78 is 5.32. The van der Waals surface area contributed by atoms with Gasteiger partial charge in [-0.1, -0.05) is 0 Å². The van der Waals surface area contributed by atoms with E-state index in [0.29, 0.717) is 0 Å². The lowest BCUT2D eigenvalue weighted by Gasteiger charge is -2.25. The van der Waals surface area contributed by atoms with E-state index in [1.807, 2.05) is 20.8 Å². The number of hydrogen-bond acceptors (Lipinski definition) is 4. The molecule has 0 aliphatic heterocycles. The highest BCUT2D eigenvalue weighted by Crippen LogP contribution is 2.15. The molecule has 0 aliphatic rings. The van der Waals surface area contributed by atoms with E-state index in [2.05, 4.69) is 0 Å². The van der Waals surface area contributed by atoms with Crippen LogP contribution in [0.1, 0.15) is 20.8 Å². The maximum Gasteiger partial charge on any atom is 0.134 e. The van der Waals surface area contributed by atoms with Crippen LogP contribution >= 0.6 is 0 Å². The van der Waals surface area contributed by atoms with E-state index in [0.717, 1.165) is 0 Å². The summed E-state index contributed by atoms with van der Waals surface area (Å²) in [5, 5.41) is 26.6. The van der Waals surface area contributed by atoms with Crippen LogP contribution in [-0.4, -0.2) is 40.2 Å². The first-order chi connectivity index (χ1) is 5.90. The molecule has 0 aromatic rings. The van der Waals surface area contributed by atoms with Gasteiger partial charge in [0.1, 0.15) is 17.5 Å². The minimum absolute atomic E-state index is 0.206. The number of ether oxygens (including phenoxy) is 1. The fraction of sp³-hybridized carbons (Fsp3) is 0.778. The van der Waals surface area contributed by atoms with Crippen molar-refractivity contribution in [3.8, 4) is 0 Å². The summed E-state index contributed by atoms with van der Waals surface area (Å²) in [6.07, 6.45) is 0.276. The molecule has 4 heteroatoms. The van der Waals surface area contributed by atoms with Crippen LogP contribution in [0.5, 0.6) is 0 Å². The van der Waals surface area contributed by atoms with Gasteiger partial charge in [0.05, 0.1) is 13.2 Å². The zero-order chi connectivity index (χ0) is 10.5. The highest BCUT2D eigenvalue weighted by atomic mass is 16.5. The first kappa shape index (κ1) is 12.4. The van der Waals surface area contributed by atoms with E-state index in [1.165, 1.54) is 6.08 Å². The highest BCUT2D eigenvalue weighted by Gasteiger charge is 2.18. The van der Waals surface area contributed by atoms with Crippen molar-refractivity contribution < 1.29 is 20.1 Å². The Hall–Kier alpha value is -0.580. The molecule has 0 saturated heterocycles. The first-order valence-corrected chi connectivity index (χ1v) is 4.19. The van der Waals surface area contributed by atoms with Crippen LogP contribution < -0.4 is 0 Å². The lowest BCUT2D eigenvalue weighted by Crippen LogP contribution is -2.26. The fourth-order valence-electron chi connectivity index (χ4n) is 0.779. The molecule has 0 heterocycles. The van der Waals surface area contributed by atoms with E-state index in [1.54, 1.807) is 0 Å². The Labute approximate surface area is 78.5 Å². The summed E-state index contributed by atoms with van der Waals surface area (Å²) in [7, 11) is 0. The second kappa shape index (κ2) is 5.21. The van der Waals surface area contributed by atoms with Crippen molar-refractivity contribution in [2.24, 2.45) is 0 Å². The molecule has 0 rings (SSSR count). The molecule has 0 fully saturated rings. The molecule has 0 amide bonds. The van der Waals surface area contributed by atoms with Crippen LogP contribution in [0.15, 0.2) is 11.8 Å². The number of aliphatic hydroxyl groups excluding tert-OH is 3. The third-order valence-corrected chi connectivity index (χ3v) is 1.22. The van der Waals surface area contributed by atoms with Crippen molar-refractivity contribution in [1.29, 1.82) is 0 Å². The molecular formula is C9H18O4. The van der Waals surface area contributed by atoms with E-state index < -0.39 is 18.3 Å². The molecule has 0 unspecified atom stereocenters. The van der Waals surface area contributed by atoms with Gasteiger partial charge in [-0.05, 0) is 26.8 Å². The fourth-order valence-corrected chi connectivity index (χ4v) is 0.779.